The molecule has 0 bridgehead atoms. The Labute approximate surface area is 135 Å². The van der Waals surface area contributed by atoms with Crippen molar-refractivity contribution in [2.75, 3.05) is 26.0 Å². The molecule has 1 amide bonds. The summed E-state index contributed by atoms with van der Waals surface area (Å²) >= 11 is 0. The van der Waals surface area contributed by atoms with E-state index >= 15 is 0 Å². The number of nitrogens with zero attached hydrogens (tertiary/aromatic N) is 3. The van der Waals surface area contributed by atoms with E-state index in [4.69, 9.17) is 0 Å². The minimum atomic E-state index is -3.53. The Kier molecular flexibility index (Phi) is 3.69. The van der Waals surface area contributed by atoms with Gasteiger partial charge in [0, 0.05) is 44.8 Å². The number of anilines is 1. The number of pyridine rings is 1. The van der Waals surface area contributed by atoms with Crippen LogP contribution in [0, 0.1) is 0 Å². The summed E-state index contributed by atoms with van der Waals surface area (Å²) < 4.78 is 25.6. The van der Waals surface area contributed by atoms with E-state index in [1.54, 1.807) is 24.2 Å². The van der Waals surface area contributed by atoms with Gasteiger partial charge >= 0.3 is 0 Å². The molecule has 1 aromatic carbocycles. The molecule has 23 heavy (non-hydrogen) atoms. The fraction of sp³-hybridized carbons (Fsp3) is 0.250. The third kappa shape index (κ3) is 2.62. The number of hydrogen-bond acceptors (Lipinski definition) is 4. The number of sulfonamides is 1. The molecule has 0 N–H and O–H groups in total. The lowest BCUT2D eigenvalue weighted by Crippen LogP contribution is -2.22. The highest BCUT2D eigenvalue weighted by atomic mass is 32.2. The van der Waals surface area contributed by atoms with Crippen molar-refractivity contribution in [1.29, 1.82) is 0 Å². The van der Waals surface area contributed by atoms with Gasteiger partial charge in [-0.1, -0.05) is 6.07 Å². The SMILES string of the molecule is CN1C(=O)Cc2cc(-c3cncc(S(=O)(=O)N(C)C)c3)ccc21. The molecule has 0 fully saturated rings. The van der Waals surface area contributed by atoms with Crippen molar-refractivity contribution in [3.8, 4) is 11.1 Å². The second-order valence-electron chi connectivity index (χ2n) is 5.67. The van der Waals surface area contributed by atoms with Crippen molar-refractivity contribution >= 4 is 21.6 Å². The molecule has 120 valence electrons. The zero-order chi connectivity index (χ0) is 16.8. The zero-order valence-corrected chi connectivity index (χ0v) is 14.0. The van der Waals surface area contributed by atoms with Crippen molar-refractivity contribution in [3.63, 3.8) is 0 Å². The number of aromatic nitrogens is 1. The van der Waals surface area contributed by atoms with Crippen LogP contribution in [0.5, 0.6) is 0 Å². The summed E-state index contributed by atoms with van der Waals surface area (Å²) in [6.45, 7) is 0. The van der Waals surface area contributed by atoms with Crippen molar-refractivity contribution in [2.24, 2.45) is 0 Å². The van der Waals surface area contributed by atoms with Gasteiger partial charge in [0.15, 0.2) is 0 Å². The number of hydrogen-bond donors (Lipinski definition) is 0. The van der Waals surface area contributed by atoms with Crippen LogP contribution in [0.3, 0.4) is 0 Å². The smallest absolute Gasteiger partial charge is 0.244 e. The molecule has 0 saturated carbocycles. The molecular weight excluding hydrogens is 314 g/mol. The van der Waals surface area contributed by atoms with Crippen LogP contribution < -0.4 is 4.90 Å². The Morgan fingerprint density at radius 1 is 1.13 bits per heavy atom. The minimum absolute atomic E-state index is 0.0548. The number of amides is 1. The van der Waals surface area contributed by atoms with Crippen LogP contribution in [-0.2, 0) is 21.2 Å². The molecular formula is C16H17N3O3S. The first-order valence-electron chi connectivity index (χ1n) is 7.08. The van der Waals surface area contributed by atoms with E-state index in [0.717, 1.165) is 21.1 Å². The molecule has 6 nitrogen and oxygen atoms in total. The molecule has 1 aliphatic rings. The first-order chi connectivity index (χ1) is 10.8. The van der Waals surface area contributed by atoms with Gasteiger partial charge < -0.3 is 4.90 Å². The van der Waals surface area contributed by atoms with E-state index in [1.807, 2.05) is 18.2 Å². The van der Waals surface area contributed by atoms with Crippen molar-refractivity contribution in [2.45, 2.75) is 11.3 Å². The standard InChI is InChI=1S/C16H17N3O3S/c1-18(2)23(21,22)14-7-13(9-17-10-14)11-4-5-15-12(6-11)8-16(20)19(15)3/h4-7,9-10H,8H2,1-3H3. The van der Waals surface area contributed by atoms with E-state index in [1.165, 1.54) is 20.3 Å². The van der Waals surface area contributed by atoms with Gasteiger partial charge in [-0.15, -0.1) is 0 Å². The van der Waals surface area contributed by atoms with Crippen LogP contribution >= 0.6 is 0 Å². The topological polar surface area (TPSA) is 70.6 Å². The molecule has 3 rings (SSSR count). The summed E-state index contributed by atoms with van der Waals surface area (Å²) in [5.74, 6) is 0.0548. The molecule has 0 atom stereocenters. The monoisotopic (exact) mass is 331 g/mol. The van der Waals surface area contributed by atoms with E-state index < -0.39 is 10.0 Å². The molecule has 2 aromatic rings. The molecule has 0 aliphatic carbocycles. The summed E-state index contributed by atoms with van der Waals surface area (Å²) in [7, 11) is 1.19. The predicted molar refractivity (Wildman–Crippen MR) is 87.7 cm³/mol. The van der Waals surface area contributed by atoms with Crippen LogP contribution in [0.25, 0.3) is 11.1 Å². The van der Waals surface area contributed by atoms with Gasteiger partial charge in [-0.2, -0.15) is 0 Å². The highest BCUT2D eigenvalue weighted by Gasteiger charge is 2.24. The van der Waals surface area contributed by atoms with E-state index in [9.17, 15) is 13.2 Å². The molecule has 7 heteroatoms. The van der Waals surface area contributed by atoms with Crippen LogP contribution in [0.2, 0.25) is 0 Å². The van der Waals surface area contributed by atoms with Gasteiger partial charge in [0.1, 0.15) is 4.90 Å². The second kappa shape index (κ2) is 5.43. The van der Waals surface area contributed by atoms with Crippen LogP contribution in [0.4, 0.5) is 5.69 Å². The third-order valence-corrected chi connectivity index (χ3v) is 5.76. The lowest BCUT2D eigenvalue weighted by molar-refractivity contribution is -0.117. The molecule has 2 heterocycles. The van der Waals surface area contributed by atoms with Crippen molar-refractivity contribution < 1.29 is 13.2 Å². The average molecular weight is 331 g/mol. The maximum Gasteiger partial charge on any atom is 0.244 e. The van der Waals surface area contributed by atoms with Crippen LogP contribution in [-0.4, -0.2) is 44.8 Å². The Hall–Kier alpha value is -2.25. The summed E-state index contributed by atoms with van der Waals surface area (Å²) in [4.78, 5) is 17.6. The fourth-order valence-corrected chi connectivity index (χ4v) is 3.47. The summed E-state index contributed by atoms with van der Waals surface area (Å²) in [5.41, 5.74) is 3.38. The number of benzene rings is 1. The molecule has 0 saturated heterocycles. The molecule has 0 spiro atoms. The van der Waals surface area contributed by atoms with Crippen LogP contribution in [0.1, 0.15) is 5.56 Å². The second-order valence-corrected chi connectivity index (χ2v) is 7.82. The number of rotatable bonds is 3. The number of carbonyl (C=O) groups excluding carboxylic acids is 1. The van der Waals surface area contributed by atoms with E-state index in [2.05, 4.69) is 4.98 Å². The largest absolute Gasteiger partial charge is 0.315 e. The van der Waals surface area contributed by atoms with Gasteiger partial charge in [-0.25, -0.2) is 12.7 Å². The number of fused-ring (bicyclic) bond motifs is 1. The lowest BCUT2D eigenvalue weighted by Gasteiger charge is -2.13. The van der Waals surface area contributed by atoms with Crippen LogP contribution in [0.15, 0.2) is 41.6 Å². The van der Waals surface area contributed by atoms with Gasteiger partial charge in [-0.3, -0.25) is 9.78 Å². The first-order valence-corrected chi connectivity index (χ1v) is 8.52. The maximum absolute atomic E-state index is 12.2. The lowest BCUT2D eigenvalue weighted by atomic mass is 10.0. The quantitative estimate of drug-likeness (QED) is 0.855. The highest BCUT2D eigenvalue weighted by Crippen LogP contribution is 2.32. The Bertz CT molecular complexity index is 891. The molecule has 0 unspecified atom stereocenters. The Balaban J connectivity index is 2.05. The average Bonchev–Trinajstić information content (AvgIpc) is 2.81. The number of likely N-dealkylation sites (N-methyl/N-ethyl adjacent to an activating group) is 1. The van der Waals surface area contributed by atoms with Gasteiger partial charge in [0.05, 0.1) is 6.42 Å². The normalized spacial score (nSPS) is 14.4. The third-order valence-electron chi connectivity index (χ3n) is 3.98. The molecule has 0 radical (unpaired) electrons. The fourth-order valence-electron chi connectivity index (χ4n) is 2.58. The van der Waals surface area contributed by atoms with E-state index in [-0.39, 0.29) is 10.8 Å². The Morgan fingerprint density at radius 2 is 1.87 bits per heavy atom. The predicted octanol–water partition coefficient (Wildman–Crippen LogP) is 1.52. The minimum Gasteiger partial charge on any atom is -0.315 e. The highest BCUT2D eigenvalue weighted by molar-refractivity contribution is 7.89. The Morgan fingerprint density at radius 3 is 2.57 bits per heavy atom. The zero-order valence-electron chi connectivity index (χ0n) is 13.1. The summed E-state index contributed by atoms with van der Waals surface area (Å²) in [6, 6.07) is 7.27. The number of carbonyl (C=O) groups is 1. The van der Waals surface area contributed by atoms with Gasteiger partial charge in [0.2, 0.25) is 15.9 Å². The van der Waals surface area contributed by atoms with Gasteiger partial charge in [0.25, 0.3) is 0 Å². The van der Waals surface area contributed by atoms with Crippen molar-refractivity contribution in [1.82, 2.24) is 9.29 Å². The maximum atomic E-state index is 12.2. The molecule has 1 aromatic heterocycles. The van der Waals surface area contributed by atoms with E-state index in [0.29, 0.717) is 12.0 Å². The summed E-state index contributed by atoms with van der Waals surface area (Å²) in [6.07, 6.45) is 3.32. The summed E-state index contributed by atoms with van der Waals surface area (Å²) in [5, 5.41) is 0. The molecule has 1 aliphatic heterocycles. The first kappa shape index (κ1) is 15.6. The van der Waals surface area contributed by atoms with Crippen molar-refractivity contribution in [3.05, 3.63) is 42.2 Å². The van der Waals surface area contributed by atoms with Gasteiger partial charge in [-0.05, 0) is 29.3 Å².